The van der Waals surface area contributed by atoms with Crippen molar-refractivity contribution in [2.24, 2.45) is 0 Å². The molecule has 0 fully saturated rings. The average molecular weight is 375 g/mol. The predicted octanol–water partition coefficient (Wildman–Crippen LogP) is 0.850. The van der Waals surface area contributed by atoms with Gasteiger partial charge in [-0.2, -0.15) is 0 Å². The van der Waals surface area contributed by atoms with Gasteiger partial charge in [-0.1, -0.05) is 0 Å². The van der Waals surface area contributed by atoms with Crippen LogP contribution in [0, 0.1) is 10.1 Å². The molecule has 0 bridgehead atoms. The molecule has 23 heavy (non-hydrogen) atoms. The molecular formula is C14H14AsN5O3. The molecule has 9 heteroatoms. The number of hydrogen-bond acceptors (Lipinski definition) is 6. The van der Waals surface area contributed by atoms with E-state index < -0.39 is 20.7 Å². The van der Waals surface area contributed by atoms with E-state index in [1.807, 2.05) is 0 Å². The number of imidazole rings is 1. The summed E-state index contributed by atoms with van der Waals surface area (Å²) < 4.78 is 7.72. The van der Waals surface area contributed by atoms with E-state index in [9.17, 15) is 10.1 Å². The molecule has 0 radical (unpaired) electrons. The first kappa shape index (κ1) is 15.6. The number of aromatic nitrogens is 4. The summed E-state index contributed by atoms with van der Waals surface area (Å²) in [7, 11) is 1.66. The number of methoxy groups -OCH3 is 1. The second kappa shape index (κ2) is 6.85. The Hall–Kier alpha value is -2.31. The van der Waals surface area contributed by atoms with Crippen molar-refractivity contribution in [3.63, 3.8) is 0 Å². The molecule has 3 rings (SSSR count). The Kier molecular flexibility index (Phi) is 4.64. The van der Waals surface area contributed by atoms with Gasteiger partial charge in [-0.05, 0) is 0 Å². The standard InChI is InChI=1S/C14H14AsN5O3/c1-23-7-4-15-13-11-8-10(20(21)22)2-3-12(11)17-14(18-13)19-6-5-16-9-19/h2-3,5-6,8-9,15H,4,7H2,1H3. The molecule has 118 valence electrons. The van der Waals surface area contributed by atoms with Crippen LogP contribution in [0.2, 0.25) is 5.21 Å². The molecule has 0 saturated heterocycles. The molecule has 0 saturated carbocycles. The van der Waals surface area contributed by atoms with E-state index in [-0.39, 0.29) is 5.69 Å². The second-order valence-corrected chi connectivity index (χ2v) is 7.50. The van der Waals surface area contributed by atoms with Gasteiger partial charge in [-0.15, -0.1) is 0 Å². The summed E-state index contributed by atoms with van der Waals surface area (Å²) in [6.07, 6.45) is 5.06. The molecule has 2 aromatic heterocycles. The Morgan fingerprint density at radius 2 is 2.26 bits per heavy atom. The van der Waals surface area contributed by atoms with Gasteiger partial charge in [-0.25, -0.2) is 0 Å². The molecule has 3 aromatic rings. The third-order valence-corrected chi connectivity index (χ3v) is 5.67. The van der Waals surface area contributed by atoms with E-state index >= 15 is 0 Å². The van der Waals surface area contributed by atoms with E-state index in [4.69, 9.17) is 4.74 Å². The van der Waals surface area contributed by atoms with Crippen molar-refractivity contribution >= 4 is 36.8 Å². The van der Waals surface area contributed by atoms with Gasteiger partial charge < -0.3 is 0 Å². The van der Waals surface area contributed by atoms with Gasteiger partial charge in [0.15, 0.2) is 0 Å². The molecular weight excluding hydrogens is 361 g/mol. The van der Waals surface area contributed by atoms with Crippen molar-refractivity contribution in [3.8, 4) is 5.95 Å². The number of hydrogen-bond donors (Lipinski definition) is 0. The van der Waals surface area contributed by atoms with Crippen molar-refractivity contribution in [1.29, 1.82) is 0 Å². The van der Waals surface area contributed by atoms with Crippen LogP contribution in [0.4, 0.5) is 5.69 Å². The molecule has 0 N–H and O–H groups in total. The summed E-state index contributed by atoms with van der Waals surface area (Å²) in [5.74, 6) is 0.528. The number of ether oxygens (including phenoxy) is 1. The Morgan fingerprint density at radius 3 is 2.96 bits per heavy atom. The maximum absolute atomic E-state index is 11.0. The van der Waals surface area contributed by atoms with Crippen LogP contribution >= 0.6 is 0 Å². The number of nitro groups is 1. The zero-order valence-electron chi connectivity index (χ0n) is 12.3. The zero-order valence-corrected chi connectivity index (χ0v) is 14.4. The molecule has 2 heterocycles. The first-order chi connectivity index (χ1) is 11.2. The molecule has 1 unspecified atom stereocenters. The normalized spacial score (nSPS) is 11.5. The van der Waals surface area contributed by atoms with Crippen molar-refractivity contribution < 1.29 is 9.66 Å². The summed E-state index contributed by atoms with van der Waals surface area (Å²) in [5, 5.41) is 12.7. The molecule has 0 amide bonds. The fourth-order valence-corrected chi connectivity index (χ4v) is 4.45. The summed E-state index contributed by atoms with van der Waals surface area (Å²) in [6, 6.07) is 4.69. The molecule has 1 aromatic carbocycles. The van der Waals surface area contributed by atoms with Crippen molar-refractivity contribution in [3.05, 3.63) is 47.0 Å². The number of benzene rings is 1. The Bertz CT molecular complexity index is 838. The van der Waals surface area contributed by atoms with Gasteiger partial charge >= 0.3 is 138 Å². The van der Waals surface area contributed by atoms with Crippen LogP contribution in [-0.4, -0.2) is 53.9 Å². The monoisotopic (exact) mass is 375 g/mol. The van der Waals surface area contributed by atoms with Gasteiger partial charge in [-0.3, -0.25) is 0 Å². The first-order valence-corrected chi connectivity index (χ1v) is 9.39. The van der Waals surface area contributed by atoms with E-state index in [0.29, 0.717) is 18.1 Å². The fraction of sp³-hybridized carbons (Fsp3) is 0.214. The van der Waals surface area contributed by atoms with Crippen LogP contribution in [0.15, 0.2) is 36.9 Å². The van der Waals surface area contributed by atoms with Crippen molar-refractivity contribution in [1.82, 2.24) is 19.5 Å². The van der Waals surface area contributed by atoms with E-state index in [1.54, 1.807) is 42.5 Å². The zero-order chi connectivity index (χ0) is 16.2. The van der Waals surface area contributed by atoms with E-state index in [1.165, 1.54) is 6.07 Å². The maximum atomic E-state index is 11.0. The second-order valence-electron chi connectivity index (χ2n) is 4.72. The SMILES string of the molecule is COCC[AsH]c1nc(-n2ccnc2)nc2ccc([N+](=O)[O-])cc12. The van der Waals surface area contributed by atoms with Crippen LogP contribution in [0.1, 0.15) is 0 Å². The summed E-state index contributed by atoms with van der Waals surface area (Å²) in [4.78, 5) is 23.7. The molecule has 8 nitrogen and oxygen atoms in total. The van der Waals surface area contributed by atoms with Gasteiger partial charge in [0.25, 0.3) is 0 Å². The van der Waals surface area contributed by atoms with Crippen LogP contribution in [0.25, 0.3) is 16.9 Å². The fourth-order valence-electron chi connectivity index (χ4n) is 2.12. The number of rotatable bonds is 6. The topological polar surface area (TPSA) is 96.0 Å². The Balaban J connectivity index is 2.11. The number of nitrogens with zero attached hydrogens (tertiary/aromatic N) is 5. The Labute approximate surface area is 138 Å². The third-order valence-electron chi connectivity index (χ3n) is 3.21. The molecule has 0 aliphatic heterocycles. The minimum atomic E-state index is -0.590. The third kappa shape index (κ3) is 3.38. The molecule has 0 aliphatic rings. The Morgan fingerprint density at radius 1 is 1.39 bits per heavy atom. The average Bonchev–Trinajstić information content (AvgIpc) is 3.08. The van der Waals surface area contributed by atoms with Gasteiger partial charge in [0.05, 0.1) is 0 Å². The van der Waals surface area contributed by atoms with Gasteiger partial charge in [0.2, 0.25) is 0 Å². The van der Waals surface area contributed by atoms with Crippen molar-refractivity contribution in [2.75, 3.05) is 13.7 Å². The predicted molar refractivity (Wildman–Crippen MR) is 86.8 cm³/mol. The minimum absolute atomic E-state index is 0.0519. The van der Waals surface area contributed by atoms with Gasteiger partial charge in [0.1, 0.15) is 0 Å². The van der Waals surface area contributed by atoms with Crippen molar-refractivity contribution in [2.45, 2.75) is 5.21 Å². The summed E-state index contributed by atoms with van der Waals surface area (Å²) in [6.45, 7) is 0.654. The molecule has 0 aliphatic carbocycles. The summed E-state index contributed by atoms with van der Waals surface area (Å²) in [5.41, 5.74) is 0.751. The summed E-state index contributed by atoms with van der Waals surface area (Å²) >= 11 is -0.590. The number of non-ortho nitro benzene ring substituents is 1. The quantitative estimate of drug-likeness (QED) is 0.274. The van der Waals surface area contributed by atoms with Gasteiger partial charge in [0, 0.05) is 0 Å². The van der Waals surface area contributed by atoms with Crippen LogP contribution in [0.3, 0.4) is 0 Å². The number of fused-ring (bicyclic) bond motifs is 1. The first-order valence-electron chi connectivity index (χ1n) is 6.86. The van der Waals surface area contributed by atoms with E-state index in [2.05, 4.69) is 15.0 Å². The molecule has 1 atom stereocenters. The van der Waals surface area contributed by atoms with Crippen LogP contribution in [0.5, 0.6) is 0 Å². The van der Waals surface area contributed by atoms with E-state index in [0.717, 1.165) is 15.1 Å². The number of nitro benzene ring substituents is 1. The molecule has 0 spiro atoms. The van der Waals surface area contributed by atoms with Crippen LogP contribution in [-0.2, 0) is 4.74 Å². The van der Waals surface area contributed by atoms with Crippen LogP contribution < -0.4 is 4.48 Å².